The van der Waals surface area contributed by atoms with E-state index in [9.17, 15) is 4.79 Å². The van der Waals surface area contributed by atoms with Gasteiger partial charge in [0.05, 0.1) is 11.0 Å². The summed E-state index contributed by atoms with van der Waals surface area (Å²) in [4.78, 5) is 22.7. The van der Waals surface area contributed by atoms with Crippen molar-refractivity contribution in [2.75, 3.05) is 5.32 Å². The summed E-state index contributed by atoms with van der Waals surface area (Å²) in [5.74, 6) is 0.402. The molecule has 0 aliphatic rings. The first-order valence-electron chi connectivity index (χ1n) is 5.90. The van der Waals surface area contributed by atoms with Gasteiger partial charge >= 0.3 is 0 Å². The molecule has 2 N–H and O–H groups in total. The summed E-state index contributed by atoms with van der Waals surface area (Å²) in [5.41, 5.74) is 3.80. The van der Waals surface area contributed by atoms with E-state index in [0.29, 0.717) is 5.82 Å². The number of aromatic amines is 1. The second-order valence-electron chi connectivity index (χ2n) is 4.23. The number of hydrogen-bond donors (Lipinski definition) is 2. The van der Waals surface area contributed by atoms with Gasteiger partial charge in [-0.2, -0.15) is 0 Å². The molecule has 0 aliphatic heterocycles. The smallest absolute Gasteiger partial charge is 0.222 e. The highest BCUT2D eigenvalue weighted by molar-refractivity contribution is 5.89. The van der Waals surface area contributed by atoms with Crippen molar-refractivity contribution in [2.24, 2.45) is 0 Å². The van der Waals surface area contributed by atoms with Crippen LogP contribution in [0.5, 0.6) is 0 Å². The van der Waals surface area contributed by atoms with Crippen LogP contribution in [-0.2, 0) is 4.79 Å². The van der Waals surface area contributed by atoms with Gasteiger partial charge in [-0.1, -0.05) is 0 Å². The van der Waals surface area contributed by atoms with Crippen molar-refractivity contribution in [1.82, 2.24) is 15.0 Å². The fourth-order valence-corrected chi connectivity index (χ4v) is 1.96. The zero-order valence-corrected chi connectivity index (χ0v) is 10.3. The predicted octanol–water partition coefficient (Wildman–Crippen LogP) is 2.58. The molecule has 0 spiro atoms. The molecule has 3 rings (SSSR count). The van der Waals surface area contributed by atoms with E-state index in [1.54, 1.807) is 12.4 Å². The first-order chi connectivity index (χ1) is 9.22. The molecule has 5 nitrogen and oxygen atoms in total. The minimum absolute atomic E-state index is 0.136. The fraction of sp³-hybridized carbons (Fsp3) is 0.0714. The molecule has 0 saturated carbocycles. The molecular weight excluding hydrogens is 240 g/mol. The van der Waals surface area contributed by atoms with Crippen molar-refractivity contribution < 1.29 is 4.79 Å². The van der Waals surface area contributed by atoms with Crippen LogP contribution in [0, 0.1) is 0 Å². The number of fused-ring (bicyclic) bond motifs is 1. The van der Waals surface area contributed by atoms with Gasteiger partial charge in [-0.25, -0.2) is 4.98 Å². The molecule has 3 aromatic heterocycles. The highest BCUT2D eigenvalue weighted by Gasteiger charge is 2.05. The number of carbonyl (C=O) groups excluding carboxylic acids is 1. The lowest BCUT2D eigenvalue weighted by molar-refractivity contribution is -0.114. The van der Waals surface area contributed by atoms with E-state index in [2.05, 4.69) is 20.3 Å². The van der Waals surface area contributed by atoms with Crippen molar-refractivity contribution in [1.29, 1.82) is 0 Å². The van der Waals surface area contributed by atoms with Crippen molar-refractivity contribution in [3.63, 3.8) is 0 Å². The first kappa shape index (κ1) is 11.4. The normalized spacial score (nSPS) is 10.6. The van der Waals surface area contributed by atoms with Gasteiger partial charge in [0.2, 0.25) is 5.91 Å². The van der Waals surface area contributed by atoms with Crippen molar-refractivity contribution >= 4 is 22.8 Å². The number of aromatic nitrogens is 3. The molecule has 1 amide bonds. The summed E-state index contributed by atoms with van der Waals surface area (Å²) in [6, 6.07) is 9.55. The molecule has 0 aromatic carbocycles. The lowest BCUT2D eigenvalue weighted by Crippen LogP contribution is -2.07. The van der Waals surface area contributed by atoms with Crippen LogP contribution in [-0.4, -0.2) is 20.9 Å². The van der Waals surface area contributed by atoms with E-state index in [1.807, 2.05) is 30.3 Å². The number of amides is 1. The topological polar surface area (TPSA) is 70.7 Å². The van der Waals surface area contributed by atoms with Crippen LogP contribution in [0.25, 0.3) is 22.3 Å². The van der Waals surface area contributed by atoms with Gasteiger partial charge in [0.1, 0.15) is 5.82 Å². The van der Waals surface area contributed by atoms with Gasteiger partial charge in [-0.05, 0) is 30.3 Å². The van der Waals surface area contributed by atoms with Crippen LogP contribution >= 0.6 is 0 Å². The summed E-state index contributed by atoms with van der Waals surface area (Å²) in [5, 5.41) is 2.67. The molecular formula is C14H12N4O. The van der Waals surface area contributed by atoms with Crippen LogP contribution in [0.3, 0.4) is 0 Å². The Kier molecular flexibility index (Phi) is 2.72. The molecule has 5 heteroatoms. The quantitative estimate of drug-likeness (QED) is 0.736. The second-order valence-corrected chi connectivity index (χ2v) is 4.23. The van der Waals surface area contributed by atoms with E-state index in [-0.39, 0.29) is 5.91 Å². The average molecular weight is 252 g/mol. The molecule has 0 bridgehead atoms. The maximum atomic E-state index is 11.0. The molecule has 0 aliphatic carbocycles. The first-order valence-corrected chi connectivity index (χ1v) is 5.90. The van der Waals surface area contributed by atoms with Gasteiger partial charge < -0.3 is 10.3 Å². The Morgan fingerprint density at radius 1 is 1.21 bits per heavy atom. The van der Waals surface area contributed by atoms with Crippen LogP contribution in [0.1, 0.15) is 6.92 Å². The lowest BCUT2D eigenvalue weighted by Gasteiger charge is -2.03. The van der Waals surface area contributed by atoms with Crippen LogP contribution in [0.4, 0.5) is 5.82 Å². The van der Waals surface area contributed by atoms with Gasteiger partial charge in [-0.3, -0.25) is 9.78 Å². The molecule has 0 saturated heterocycles. The Bertz CT molecular complexity index is 715. The van der Waals surface area contributed by atoms with Gasteiger partial charge in [0, 0.05) is 30.6 Å². The van der Waals surface area contributed by atoms with Crippen molar-refractivity contribution in [3.8, 4) is 11.3 Å². The van der Waals surface area contributed by atoms with Gasteiger partial charge in [0.25, 0.3) is 0 Å². The summed E-state index contributed by atoms with van der Waals surface area (Å²) in [6.45, 7) is 1.46. The number of carbonyl (C=O) groups is 1. The largest absolute Gasteiger partial charge is 0.353 e. The third kappa shape index (κ3) is 2.30. The molecule has 3 heterocycles. The SMILES string of the molecule is CC(=O)Nc1cc(-c2cc3ncccc3[nH]2)ccn1. The zero-order valence-electron chi connectivity index (χ0n) is 10.3. The zero-order chi connectivity index (χ0) is 13.2. The fourth-order valence-electron chi connectivity index (χ4n) is 1.96. The molecule has 94 valence electrons. The maximum absolute atomic E-state index is 11.0. The second kappa shape index (κ2) is 4.53. The molecule has 0 radical (unpaired) electrons. The number of hydrogen-bond acceptors (Lipinski definition) is 3. The summed E-state index contributed by atoms with van der Waals surface area (Å²) in [7, 11) is 0. The number of nitrogens with zero attached hydrogens (tertiary/aromatic N) is 2. The highest BCUT2D eigenvalue weighted by atomic mass is 16.1. The maximum Gasteiger partial charge on any atom is 0.222 e. The summed E-state index contributed by atoms with van der Waals surface area (Å²) in [6.07, 6.45) is 3.43. The van der Waals surface area contributed by atoms with Crippen molar-refractivity contribution in [3.05, 3.63) is 42.7 Å². The Hall–Kier alpha value is -2.69. The third-order valence-electron chi connectivity index (χ3n) is 2.76. The number of pyridine rings is 2. The molecule has 3 aromatic rings. The lowest BCUT2D eigenvalue weighted by atomic mass is 10.2. The number of anilines is 1. The summed E-state index contributed by atoms with van der Waals surface area (Å²) >= 11 is 0. The van der Waals surface area contributed by atoms with Crippen LogP contribution < -0.4 is 5.32 Å². The minimum atomic E-state index is -0.136. The monoisotopic (exact) mass is 252 g/mol. The Balaban J connectivity index is 2.03. The predicted molar refractivity (Wildman–Crippen MR) is 73.6 cm³/mol. The summed E-state index contributed by atoms with van der Waals surface area (Å²) < 4.78 is 0. The number of nitrogens with one attached hydrogen (secondary N) is 2. The Labute approximate surface area is 109 Å². The third-order valence-corrected chi connectivity index (χ3v) is 2.76. The molecule has 0 atom stereocenters. The van der Waals surface area contributed by atoms with Crippen molar-refractivity contribution in [2.45, 2.75) is 6.92 Å². The van der Waals surface area contributed by atoms with E-state index >= 15 is 0 Å². The van der Waals surface area contributed by atoms with Gasteiger partial charge in [-0.15, -0.1) is 0 Å². The molecule has 0 fully saturated rings. The highest BCUT2D eigenvalue weighted by Crippen LogP contribution is 2.23. The molecule has 0 unspecified atom stereocenters. The minimum Gasteiger partial charge on any atom is -0.353 e. The standard InChI is InChI=1S/C14H12N4O/c1-9(19)17-14-7-10(4-6-16-14)12-8-13-11(18-12)3-2-5-15-13/h2-8,18H,1H3,(H,16,17,19). The average Bonchev–Trinajstić information content (AvgIpc) is 2.82. The number of rotatable bonds is 2. The molecule has 19 heavy (non-hydrogen) atoms. The van der Waals surface area contributed by atoms with Crippen LogP contribution in [0.15, 0.2) is 42.7 Å². The van der Waals surface area contributed by atoms with Gasteiger partial charge in [0.15, 0.2) is 0 Å². The Morgan fingerprint density at radius 3 is 2.89 bits per heavy atom. The Morgan fingerprint density at radius 2 is 2.11 bits per heavy atom. The number of H-pyrrole nitrogens is 1. The van der Waals surface area contributed by atoms with E-state index in [0.717, 1.165) is 22.3 Å². The van der Waals surface area contributed by atoms with E-state index in [1.165, 1.54) is 6.92 Å². The van der Waals surface area contributed by atoms with Crippen LogP contribution in [0.2, 0.25) is 0 Å². The van der Waals surface area contributed by atoms with E-state index < -0.39 is 0 Å². The van der Waals surface area contributed by atoms with E-state index in [4.69, 9.17) is 0 Å².